The zero-order valence-electron chi connectivity index (χ0n) is 17.6. The van der Waals surface area contributed by atoms with Crippen LogP contribution in [0.4, 0.5) is 10.5 Å². The molecule has 1 heterocycles. The first kappa shape index (κ1) is 20.6. The van der Waals surface area contributed by atoms with E-state index in [9.17, 15) is 4.79 Å². The first-order chi connectivity index (χ1) is 14.5. The third-order valence-electron chi connectivity index (χ3n) is 5.17. The average Bonchev–Trinajstić information content (AvgIpc) is 3.48. The fourth-order valence-electron chi connectivity index (χ4n) is 3.65. The molecule has 3 aromatic rings. The van der Waals surface area contributed by atoms with E-state index in [0.29, 0.717) is 18.2 Å². The highest BCUT2D eigenvalue weighted by Gasteiger charge is 2.26. The fourth-order valence-corrected chi connectivity index (χ4v) is 4.02. The average molecular weight is 427 g/mol. The number of nitrogens with one attached hydrogen (secondary N) is 1. The maximum absolute atomic E-state index is 11.8. The number of ether oxygens (including phenoxy) is 2. The number of amides is 1. The largest absolute Gasteiger partial charge is 0.494 e. The lowest BCUT2D eigenvalue weighted by molar-refractivity contribution is 0.130. The van der Waals surface area contributed by atoms with E-state index in [-0.39, 0.29) is 6.10 Å². The second-order valence-corrected chi connectivity index (χ2v) is 8.36. The Balaban J connectivity index is 1.70. The molecule has 5 nitrogen and oxygen atoms in total. The fraction of sp³-hybridized carbons (Fsp3) is 0.375. The van der Waals surface area contributed by atoms with E-state index >= 15 is 0 Å². The van der Waals surface area contributed by atoms with Crippen LogP contribution >= 0.6 is 11.6 Å². The summed E-state index contributed by atoms with van der Waals surface area (Å²) in [7, 11) is 0. The van der Waals surface area contributed by atoms with E-state index in [1.807, 2.05) is 57.2 Å². The van der Waals surface area contributed by atoms with Crippen LogP contribution in [0, 0.1) is 5.92 Å². The van der Waals surface area contributed by atoms with E-state index in [1.165, 1.54) is 12.8 Å². The van der Waals surface area contributed by atoms with Crippen LogP contribution in [0.1, 0.15) is 33.6 Å². The van der Waals surface area contributed by atoms with Gasteiger partial charge in [-0.3, -0.25) is 5.32 Å². The molecule has 2 aromatic carbocycles. The number of halogens is 1. The molecule has 30 heavy (non-hydrogen) atoms. The molecule has 1 saturated carbocycles. The van der Waals surface area contributed by atoms with Crippen molar-refractivity contribution < 1.29 is 14.3 Å². The summed E-state index contributed by atoms with van der Waals surface area (Å²) in [4.78, 5) is 11.8. The van der Waals surface area contributed by atoms with Gasteiger partial charge in [-0.05, 0) is 69.4 Å². The summed E-state index contributed by atoms with van der Waals surface area (Å²) in [6.07, 6.45) is 1.88. The molecule has 6 heteroatoms. The number of carbonyl (C=O) groups is 1. The second kappa shape index (κ2) is 8.60. The number of hydrogen-bond acceptors (Lipinski definition) is 3. The Morgan fingerprint density at radius 1 is 1.20 bits per heavy atom. The number of aromatic nitrogens is 1. The minimum Gasteiger partial charge on any atom is -0.494 e. The monoisotopic (exact) mass is 426 g/mol. The molecule has 1 amide bonds. The molecule has 1 aliphatic carbocycles. The summed E-state index contributed by atoms with van der Waals surface area (Å²) < 4.78 is 13.2. The van der Waals surface area contributed by atoms with Crippen LogP contribution in [0.3, 0.4) is 0 Å². The predicted molar refractivity (Wildman–Crippen MR) is 122 cm³/mol. The third-order valence-corrected chi connectivity index (χ3v) is 5.55. The van der Waals surface area contributed by atoms with Crippen LogP contribution in [0.25, 0.3) is 22.2 Å². The van der Waals surface area contributed by atoms with Gasteiger partial charge in [0, 0.05) is 23.7 Å². The minimum absolute atomic E-state index is 0.164. The number of rotatable bonds is 7. The van der Waals surface area contributed by atoms with Crippen molar-refractivity contribution in [1.29, 1.82) is 0 Å². The van der Waals surface area contributed by atoms with Gasteiger partial charge >= 0.3 is 6.09 Å². The first-order valence-electron chi connectivity index (χ1n) is 10.5. The van der Waals surface area contributed by atoms with Crippen molar-refractivity contribution in [3.8, 4) is 17.0 Å². The molecule has 0 unspecified atom stereocenters. The van der Waals surface area contributed by atoms with Crippen LogP contribution in [0.15, 0.2) is 42.5 Å². The van der Waals surface area contributed by atoms with Gasteiger partial charge in [-0.1, -0.05) is 23.7 Å². The van der Waals surface area contributed by atoms with Gasteiger partial charge in [0.2, 0.25) is 0 Å². The molecule has 0 radical (unpaired) electrons. The molecule has 158 valence electrons. The zero-order valence-corrected chi connectivity index (χ0v) is 18.3. The minimum atomic E-state index is -0.456. The van der Waals surface area contributed by atoms with Gasteiger partial charge in [0.1, 0.15) is 5.75 Å². The molecule has 0 spiro atoms. The van der Waals surface area contributed by atoms with Crippen molar-refractivity contribution in [2.45, 2.75) is 46.3 Å². The second-order valence-electron chi connectivity index (χ2n) is 7.98. The molecule has 0 aliphatic heterocycles. The molecule has 4 rings (SSSR count). The Morgan fingerprint density at radius 2 is 1.93 bits per heavy atom. The van der Waals surface area contributed by atoms with Gasteiger partial charge in [-0.25, -0.2) is 4.79 Å². The highest BCUT2D eigenvalue weighted by Crippen LogP contribution is 2.42. The summed E-state index contributed by atoms with van der Waals surface area (Å²) in [6.45, 7) is 7.19. The van der Waals surface area contributed by atoms with Crippen molar-refractivity contribution in [1.82, 2.24) is 4.57 Å². The van der Waals surface area contributed by atoms with Gasteiger partial charge < -0.3 is 14.0 Å². The summed E-state index contributed by atoms with van der Waals surface area (Å²) in [5.41, 5.74) is 3.79. The zero-order chi connectivity index (χ0) is 21.3. The molecule has 1 N–H and O–H groups in total. The Morgan fingerprint density at radius 3 is 2.57 bits per heavy atom. The molecule has 0 bridgehead atoms. The van der Waals surface area contributed by atoms with E-state index in [4.69, 9.17) is 21.1 Å². The van der Waals surface area contributed by atoms with Crippen molar-refractivity contribution in [2.75, 3.05) is 11.9 Å². The molecule has 0 atom stereocenters. The highest BCUT2D eigenvalue weighted by molar-refractivity contribution is 6.38. The van der Waals surface area contributed by atoms with Gasteiger partial charge in [0.25, 0.3) is 0 Å². The van der Waals surface area contributed by atoms with Gasteiger partial charge in [-0.2, -0.15) is 0 Å². The summed E-state index contributed by atoms with van der Waals surface area (Å²) >= 11 is 6.86. The van der Waals surface area contributed by atoms with Crippen LogP contribution in [-0.4, -0.2) is 23.4 Å². The molecular weight excluding hydrogens is 400 g/mol. The normalized spacial score (nSPS) is 13.6. The van der Waals surface area contributed by atoms with Crippen LogP contribution in [0.2, 0.25) is 5.02 Å². The maximum atomic E-state index is 11.8. The SMILES string of the molecule is CCOc1ccc2c(Cl)c(-c3ccc(NC(=O)OC(C)C)cc3)n(CC3CC3)c2c1. The predicted octanol–water partition coefficient (Wildman–Crippen LogP) is 6.73. The van der Waals surface area contributed by atoms with Crippen molar-refractivity contribution in [2.24, 2.45) is 5.92 Å². The van der Waals surface area contributed by atoms with Crippen molar-refractivity contribution in [3.63, 3.8) is 0 Å². The van der Waals surface area contributed by atoms with Gasteiger partial charge in [-0.15, -0.1) is 0 Å². The first-order valence-corrected chi connectivity index (χ1v) is 10.9. The number of carbonyl (C=O) groups excluding carboxylic acids is 1. The molecular formula is C24H27ClN2O3. The van der Waals surface area contributed by atoms with Gasteiger partial charge in [0.15, 0.2) is 0 Å². The summed E-state index contributed by atoms with van der Waals surface area (Å²) in [6, 6.07) is 13.8. The van der Waals surface area contributed by atoms with Gasteiger partial charge in [0.05, 0.1) is 28.9 Å². The number of hydrogen-bond donors (Lipinski definition) is 1. The Bertz CT molecular complexity index is 1050. The topological polar surface area (TPSA) is 52.5 Å². The number of nitrogens with zero attached hydrogens (tertiary/aromatic N) is 1. The highest BCUT2D eigenvalue weighted by atomic mass is 35.5. The van der Waals surface area contributed by atoms with Crippen LogP contribution in [0.5, 0.6) is 5.75 Å². The number of fused-ring (bicyclic) bond motifs is 1. The standard InChI is InChI=1S/C24H27ClN2O3/c1-4-29-19-11-12-20-21(13-19)27(14-16-5-6-16)23(22(20)25)17-7-9-18(10-8-17)26-24(28)30-15(2)3/h7-13,15-16H,4-6,14H2,1-3H3,(H,26,28). The lowest BCUT2D eigenvalue weighted by atomic mass is 10.1. The van der Waals surface area contributed by atoms with Crippen LogP contribution < -0.4 is 10.1 Å². The quantitative estimate of drug-likeness (QED) is 0.455. The number of anilines is 1. The Labute approximate surface area is 181 Å². The third kappa shape index (κ3) is 4.41. The van der Waals surface area contributed by atoms with E-state index < -0.39 is 6.09 Å². The lowest BCUT2D eigenvalue weighted by Gasteiger charge is -2.13. The lowest BCUT2D eigenvalue weighted by Crippen LogP contribution is -2.17. The Hall–Kier alpha value is -2.66. The molecule has 1 aliphatic rings. The summed E-state index contributed by atoms with van der Waals surface area (Å²) in [5.74, 6) is 1.55. The van der Waals surface area contributed by atoms with E-state index in [1.54, 1.807) is 0 Å². The molecule has 0 saturated heterocycles. The van der Waals surface area contributed by atoms with Crippen molar-refractivity contribution >= 4 is 34.3 Å². The van der Waals surface area contributed by atoms with Crippen molar-refractivity contribution in [3.05, 3.63) is 47.5 Å². The summed E-state index contributed by atoms with van der Waals surface area (Å²) in [5, 5.41) is 4.52. The van der Waals surface area contributed by atoms with E-state index in [2.05, 4.69) is 16.0 Å². The molecule has 1 fully saturated rings. The maximum Gasteiger partial charge on any atom is 0.411 e. The smallest absolute Gasteiger partial charge is 0.411 e. The van der Waals surface area contributed by atoms with Crippen LogP contribution in [-0.2, 0) is 11.3 Å². The molecule has 1 aromatic heterocycles. The van der Waals surface area contributed by atoms with E-state index in [0.717, 1.165) is 39.5 Å². The Kier molecular flexibility index (Phi) is 5.91. The number of benzene rings is 2.